The Morgan fingerprint density at radius 3 is 2.29 bits per heavy atom. The molecule has 0 heterocycles. The molecule has 0 aromatic heterocycles. The molecule has 0 spiro atoms. The Bertz CT molecular complexity index is 346. The fourth-order valence-electron chi connectivity index (χ4n) is 1.42. The Kier molecular flexibility index (Phi) is 8.39. The first-order valence-corrected chi connectivity index (χ1v) is 10.1. The van der Waals surface area contributed by atoms with Gasteiger partial charge in [-0.25, -0.2) is 4.79 Å². The number of carbonyl (C=O) groups excluding carboxylic acids is 1. The van der Waals surface area contributed by atoms with Gasteiger partial charge in [0.2, 0.25) is 0 Å². The quantitative estimate of drug-likeness (QED) is 0.423. The highest BCUT2D eigenvalue weighted by Gasteiger charge is 2.37. The SMILES string of the molecule is COC(=O)/C=C/[C@@H](OC)[C@H](O)CCO[Si](C)(C)C(C)(C)C. The maximum Gasteiger partial charge on any atom is 0.330 e. The van der Waals surface area contributed by atoms with Crippen LogP contribution in [0.5, 0.6) is 0 Å². The van der Waals surface area contributed by atoms with Crippen molar-refractivity contribution in [2.45, 2.75) is 57.5 Å². The molecule has 2 atom stereocenters. The first-order chi connectivity index (χ1) is 9.55. The van der Waals surface area contributed by atoms with Gasteiger partial charge in [-0.3, -0.25) is 0 Å². The van der Waals surface area contributed by atoms with Crippen LogP contribution in [0.3, 0.4) is 0 Å². The van der Waals surface area contributed by atoms with E-state index in [-0.39, 0.29) is 5.04 Å². The lowest BCUT2D eigenvalue weighted by Crippen LogP contribution is -2.41. The highest BCUT2D eigenvalue weighted by Crippen LogP contribution is 2.36. The summed E-state index contributed by atoms with van der Waals surface area (Å²) in [7, 11) is 0.991. The van der Waals surface area contributed by atoms with Gasteiger partial charge in [0.05, 0.1) is 13.2 Å². The van der Waals surface area contributed by atoms with Crippen molar-refractivity contribution in [3.05, 3.63) is 12.2 Å². The topological polar surface area (TPSA) is 65.0 Å². The van der Waals surface area contributed by atoms with Gasteiger partial charge >= 0.3 is 5.97 Å². The van der Waals surface area contributed by atoms with Gasteiger partial charge in [-0.15, -0.1) is 0 Å². The molecule has 0 aromatic carbocycles. The summed E-state index contributed by atoms with van der Waals surface area (Å²) in [5, 5.41) is 10.2. The van der Waals surface area contributed by atoms with Crippen molar-refractivity contribution in [3.8, 4) is 0 Å². The minimum atomic E-state index is -1.80. The first kappa shape index (κ1) is 20.3. The summed E-state index contributed by atoms with van der Waals surface area (Å²) in [5.74, 6) is -0.471. The maximum atomic E-state index is 11.0. The van der Waals surface area contributed by atoms with Crippen LogP contribution in [0, 0.1) is 0 Å². The van der Waals surface area contributed by atoms with Crippen molar-refractivity contribution in [1.29, 1.82) is 0 Å². The molecule has 0 aliphatic rings. The summed E-state index contributed by atoms with van der Waals surface area (Å²) in [6.07, 6.45) is 1.94. The Labute approximate surface area is 129 Å². The number of aliphatic hydroxyl groups excluding tert-OH is 1. The van der Waals surface area contributed by atoms with Gasteiger partial charge in [-0.2, -0.15) is 0 Å². The van der Waals surface area contributed by atoms with Crippen LogP contribution < -0.4 is 0 Å². The largest absolute Gasteiger partial charge is 0.466 e. The van der Waals surface area contributed by atoms with Gasteiger partial charge in [0.25, 0.3) is 0 Å². The van der Waals surface area contributed by atoms with Crippen molar-refractivity contribution in [1.82, 2.24) is 0 Å². The van der Waals surface area contributed by atoms with E-state index in [9.17, 15) is 9.90 Å². The molecule has 0 fully saturated rings. The summed E-state index contributed by atoms with van der Waals surface area (Å²) in [6.45, 7) is 11.3. The van der Waals surface area contributed by atoms with E-state index >= 15 is 0 Å². The highest BCUT2D eigenvalue weighted by atomic mass is 28.4. The smallest absolute Gasteiger partial charge is 0.330 e. The van der Waals surface area contributed by atoms with E-state index in [2.05, 4.69) is 38.6 Å². The monoisotopic (exact) mass is 318 g/mol. The van der Waals surface area contributed by atoms with E-state index in [4.69, 9.17) is 9.16 Å². The predicted octanol–water partition coefficient (Wildman–Crippen LogP) is 2.50. The number of carbonyl (C=O) groups is 1. The van der Waals surface area contributed by atoms with Gasteiger partial charge in [-0.1, -0.05) is 20.8 Å². The second-order valence-corrected chi connectivity index (χ2v) is 11.4. The number of esters is 1. The molecule has 21 heavy (non-hydrogen) atoms. The fourth-order valence-corrected chi connectivity index (χ4v) is 2.48. The van der Waals surface area contributed by atoms with E-state index in [1.165, 1.54) is 26.4 Å². The molecule has 0 rings (SSSR count). The number of ether oxygens (including phenoxy) is 2. The third-order valence-electron chi connectivity index (χ3n) is 3.96. The standard InChI is InChI=1S/C15H30O5Si/c1-15(2,3)21(6,7)20-11-10-12(16)13(18-4)8-9-14(17)19-5/h8-9,12-13,16H,10-11H2,1-7H3/b9-8+/t12-,13-/m1/s1. The molecule has 1 N–H and O–H groups in total. The lowest BCUT2D eigenvalue weighted by molar-refractivity contribution is -0.134. The van der Waals surface area contributed by atoms with Gasteiger partial charge < -0.3 is 19.0 Å². The summed E-state index contributed by atoms with van der Waals surface area (Å²) in [5.41, 5.74) is 0. The molecule has 6 heteroatoms. The number of hydrogen-bond acceptors (Lipinski definition) is 5. The molecular formula is C15H30O5Si. The van der Waals surface area contributed by atoms with E-state index in [0.717, 1.165) is 0 Å². The first-order valence-electron chi connectivity index (χ1n) is 7.16. The Morgan fingerprint density at radius 2 is 1.86 bits per heavy atom. The van der Waals surface area contributed by atoms with Crippen LogP contribution in [0.25, 0.3) is 0 Å². The van der Waals surface area contributed by atoms with E-state index < -0.39 is 26.5 Å². The molecule has 0 bridgehead atoms. The molecule has 0 saturated heterocycles. The second-order valence-electron chi connectivity index (χ2n) is 6.55. The van der Waals surface area contributed by atoms with Crippen molar-refractivity contribution >= 4 is 14.3 Å². The molecule has 0 aliphatic carbocycles. The maximum absolute atomic E-state index is 11.0. The highest BCUT2D eigenvalue weighted by molar-refractivity contribution is 6.74. The molecule has 5 nitrogen and oxygen atoms in total. The lowest BCUT2D eigenvalue weighted by Gasteiger charge is -2.36. The minimum absolute atomic E-state index is 0.142. The molecular weight excluding hydrogens is 288 g/mol. The van der Waals surface area contributed by atoms with Crippen LogP contribution >= 0.6 is 0 Å². The van der Waals surface area contributed by atoms with Crippen LogP contribution in [-0.2, 0) is 18.7 Å². The average molecular weight is 318 g/mol. The van der Waals surface area contributed by atoms with Crippen molar-refractivity contribution in [3.63, 3.8) is 0 Å². The molecule has 0 aromatic rings. The lowest BCUT2D eigenvalue weighted by atomic mass is 10.1. The summed E-state index contributed by atoms with van der Waals surface area (Å²) >= 11 is 0. The van der Waals surface area contributed by atoms with Crippen LogP contribution in [0.2, 0.25) is 18.1 Å². The van der Waals surface area contributed by atoms with Gasteiger partial charge in [-0.05, 0) is 30.6 Å². The predicted molar refractivity (Wildman–Crippen MR) is 85.7 cm³/mol. The molecule has 124 valence electrons. The van der Waals surface area contributed by atoms with Crippen LogP contribution in [-0.4, -0.2) is 52.4 Å². The normalized spacial score (nSPS) is 16.0. The molecule has 0 amide bonds. The van der Waals surface area contributed by atoms with Gasteiger partial charge in [0.15, 0.2) is 8.32 Å². The molecule has 0 radical (unpaired) electrons. The van der Waals surface area contributed by atoms with Crippen LogP contribution in [0.1, 0.15) is 27.2 Å². The van der Waals surface area contributed by atoms with Gasteiger partial charge in [0.1, 0.15) is 6.10 Å². The Balaban J connectivity index is 4.38. The second kappa shape index (κ2) is 8.68. The Hall–Kier alpha value is -0.693. The van der Waals surface area contributed by atoms with Crippen molar-refractivity contribution < 1.29 is 23.8 Å². The summed E-state index contributed by atoms with van der Waals surface area (Å²) in [6, 6.07) is 0. The number of hydrogen-bond donors (Lipinski definition) is 1. The van der Waals surface area contributed by atoms with E-state index in [1.54, 1.807) is 0 Å². The summed E-state index contributed by atoms with van der Waals surface area (Å²) < 4.78 is 15.7. The minimum Gasteiger partial charge on any atom is -0.466 e. The third kappa shape index (κ3) is 7.22. The van der Waals surface area contributed by atoms with Crippen LogP contribution in [0.4, 0.5) is 0 Å². The Morgan fingerprint density at radius 1 is 1.29 bits per heavy atom. The zero-order valence-electron chi connectivity index (χ0n) is 14.3. The zero-order chi connectivity index (χ0) is 16.7. The summed E-state index contributed by atoms with van der Waals surface area (Å²) in [4.78, 5) is 11.0. The molecule has 0 aliphatic heterocycles. The zero-order valence-corrected chi connectivity index (χ0v) is 15.3. The fraction of sp³-hybridized carbons (Fsp3) is 0.800. The van der Waals surface area contributed by atoms with Gasteiger partial charge in [0, 0.05) is 19.8 Å². The number of aliphatic hydroxyl groups is 1. The number of methoxy groups -OCH3 is 2. The molecule has 0 saturated carbocycles. The average Bonchev–Trinajstić information content (AvgIpc) is 2.37. The number of rotatable bonds is 8. The third-order valence-corrected chi connectivity index (χ3v) is 8.50. The van der Waals surface area contributed by atoms with E-state index in [0.29, 0.717) is 13.0 Å². The molecule has 0 unspecified atom stereocenters. The van der Waals surface area contributed by atoms with Crippen molar-refractivity contribution in [2.24, 2.45) is 0 Å². The van der Waals surface area contributed by atoms with Crippen molar-refractivity contribution in [2.75, 3.05) is 20.8 Å². The van der Waals surface area contributed by atoms with E-state index in [1.807, 2.05) is 0 Å². The van der Waals surface area contributed by atoms with Crippen LogP contribution in [0.15, 0.2) is 12.2 Å².